The minimum Gasteiger partial charge on any atom is -0.391 e. The first-order valence-electron chi connectivity index (χ1n) is 5.45. The highest BCUT2D eigenvalue weighted by atomic mass is 16.2. The van der Waals surface area contributed by atoms with E-state index in [1.807, 2.05) is 13.8 Å². The van der Waals surface area contributed by atoms with Crippen molar-refractivity contribution in [2.75, 3.05) is 17.6 Å². The molecule has 0 aliphatic rings. The van der Waals surface area contributed by atoms with E-state index >= 15 is 0 Å². The summed E-state index contributed by atoms with van der Waals surface area (Å²) in [5, 5.41) is 2.95. The third kappa shape index (κ3) is 1.82. The zero-order valence-corrected chi connectivity index (χ0v) is 9.91. The SMILES string of the molecule is CCNc1c(N)c(=O)n(CC)c(=O)n1CC. The molecular weight excluding hydrogens is 208 g/mol. The van der Waals surface area contributed by atoms with Gasteiger partial charge in [-0.15, -0.1) is 0 Å². The molecule has 0 unspecified atom stereocenters. The molecule has 0 saturated heterocycles. The maximum absolute atomic E-state index is 11.9. The van der Waals surface area contributed by atoms with Gasteiger partial charge in [0.15, 0.2) is 0 Å². The van der Waals surface area contributed by atoms with Crippen LogP contribution in [-0.4, -0.2) is 15.7 Å². The summed E-state index contributed by atoms with van der Waals surface area (Å²) in [6.07, 6.45) is 0. The van der Waals surface area contributed by atoms with Crippen LogP contribution in [-0.2, 0) is 13.1 Å². The Kier molecular flexibility index (Phi) is 3.76. The Morgan fingerprint density at radius 1 is 1.12 bits per heavy atom. The standard InChI is InChI=1S/C10H18N4O2/c1-4-12-8-7(11)9(15)14(6-3)10(16)13(8)5-2/h12H,4-6,11H2,1-3H3. The van der Waals surface area contributed by atoms with E-state index in [9.17, 15) is 9.59 Å². The molecule has 0 amide bonds. The topological polar surface area (TPSA) is 82.1 Å². The summed E-state index contributed by atoms with van der Waals surface area (Å²) in [5.41, 5.74) is 5.09. The average Bonchev–Trinajstić information content (AvgIpc) is 2.27. The Bertz CT molecular complexity index is 487. The Labute approximate surface area is 93.7 Å². The van der Waals surface area contributed by atoms with Crippen LogP contribution in [0.5, 0.6) is 0 Å². The second-order valence-electron chi connectivity index (χ2n) is 3.37. The lowest BCUT2D eigenvalue weighted by atomic mass is 10.4. The van der Waals surface area contributed by atoms with Crippen LogP contribution in [0.3, 0.4) is 0 Å². The van der Waals surface area contributed by atoms with Gasteiger partial charge in [-0.2, -0.15) is 0 Å². The number of hydrogen-bond donors (Lipinski definition) is 2. The molecule has 16 heavy (non-hydrogen) atoms. The number of hydrogen-bond acceptors (Lipinski definition) is 4. The van der Waals surface area contributed by atoms with E-state index in [4.69, 9.17) is 5.73 Å². The predicted octanol–water partition coefficient (Wildman–Crippen LogP) is 0.0638. The number of nitrogens with one attached hydrogen (secondary N) is 1. The normalized spacial score (nSPS) is 10.4. The number of rotatable bonds is 4. The van der Waals surface area contributed by atoms with Crippen molar-refractivity contribution in [3.8, 4) is 0 Å². The van der Waals surface area contributed by atoms with Gasteiger partial charge in [0, 0.05) is 19.6 Å². The molecule has 0 bridgehead atoms. The van der Waals surface area contributed by atoms with Gasteiger partial charge in [-0.25, -0.2) is 4.79 Å². The highest BCUT2D eigenvalue weighted by Gasteiger charge is 2.14. The number of nitrogens with zero attached hydrogens (tertiary/aromatic N) is 2. The van der Waals surface area contributed by atoms with Gasteiger partial charge in [0.25, 0.3) is 5.56 Å². The Morgan fingerprint density at radius 2 is 1.69 bits per heavy atom. The fraction of sp³-hybridized carbons (Fsp3) is 0.600. The van der Waals surface area contributed by atoms with Gasteiger partial charge >= 0.3 is 5.69 Å². The molecule has 1 aromatic heterocycles. The molecule has 0 saturated carbocycles. The number of anilines is 2. The maximum Gasteiger partial charge on any atom is 0.332 e. The molecule has 0 radical (unpaired) electrons. The van der Waals surface area contributed by atoms with Crippen molar-refractivity contribution < 1.29 is 0 Å². The first kappa shape index (κ1) is 12.4. The summed E-state index contributed by atoms with van der Waals surface area (Å²) in [5.74, 6) is 0.421. The maximum atomic E-state index is 11.9. The molecule has 1 aromatic rings. The molecular formula is C10H18N4O2. The molecule has 1 rings (SSSR count). The first-order chi connectivity index (χ1) is 7.58. The van der Waals surface area contributed by atoms with Crippen LogP contribution >= 0.6 is 0 Å². The third-order valence-corrected chi connectivity index (χ3v) is 2.44. The largest absolute Gasteiger partial charge is 0.391 e. The zero-order valence-electron chi connectivity index (χ0n) is 9.91. The molecule has 0 aromatic carbocycles. The highest BCUT2D eigenvalue weighted by Crippen LogP contribution is 2.10. The van der Waals surface area contributed by atoms with E-state index in [1.54, 1.807) is 6.92 Å². The number of nitrogens with two attached hydrogens (primary N) is 1. The van der Waals surface area contributed by atoms with E-state index in [-0.39, 0.29) is 11.4 Å². The van der Waals surface area contributed by atoms with Crippen LogP contribution < -0.4 is 22.3 Å². The zero-order chi connectivity index (χ0) is 12.3. The molecule has 0 aliphatic heterocycles. The van der Waals surface area contributed by atoms with Crippen LogP contribution in [0.4, 0.5) is 11.5 Å². The Balaban J connectivity index is 3.64. The highest BCUT2D eigenvalue weighted by molar-refractivity contribution is 5.60. The minimum absolute atomic E-state index is 0.102. The Morgan fingerprint density at radius 3 is 2.12 bits per heavy atom. The van der Waals surface area contributed by atoms with Gasteiger partial charge in [0.1, 0.15) is 11.5 Å². The van der Waals surface area contributed by atoms with E-state index in [0.29, 0.717) is 25.5 Å². The van der Waals surface area contributed by atoms with Crippen molar-refractivity contribution in [3.63, 3.8) is 0 Å². The number of nitrogen functional groups attached to an aromatic ring is 1. The van der Waals surface area contributed by atoms with Crippen LogP contribution in [0.25, 0.3) is 0 Å². The van der Waals surface area contributed by atoms with Gasteiger partial charge in [0.05, 0.1) is 0 Å². The van der Waals surface area contributed by atoms with Gasteiger partial charge in [0.2, 0.25) is 0 Å². The predicted molar refractivity (Wildman–Crippen MR) is 64.9 cm³/mol. The van der Waals surface area contributed by atoms with E-state index in [1.165, 1.54) is 4.57 Å². The van der Waals surface area contributed by atoms with E-state index < -0.39 is 5.56 Å². The second kappa shape index (κ2) is 4.87. The van der Waals surface area contributed by atoms with Crippen LogP contribution in [0.1, 0.15) is 20.8 Å². The van der Waals surface area contributed by atoms with Crippen molar-refractivity contribution in [1.29, 1.82) is 0 Å². The lowest BCUT2D eigenvalue weighted by Crippen LogP contribution is -2.41. The summed E-state index contributed by atoms with van der Waals surface area (Å²) >= 11 is 0. The molecule has 0 fully saturated rings. The second-order valence-corrected chi connectivity index (χ2v) is 3.37. The van der Waals surface area contributed by atoms with E-state index in [2.05, 4.69) is 5.32 Å². The molecule has 3 N–H and O–H groups in total. The van der Waals surface area contributed by atoms with Crippen molar-refractivity contribution in [3.05, 3.63) is 20.8 Å². The van der Waals surface area contributed by atoms with Crippen molar-refractivity contribution in [2.24, 2.45) is 0 Å². The Hall–Kier alpha value is -1.72. The van der Waals surface area contributed by atoms with Gasteiger partial charge in [-0.1, -0.05) is 0 Å². The third-order valence-electron chi connectivity index (χ3n) is 2.44. The van der Waals surface area contributed by atoms with E-state index in [0.717, 1.165) is 4.57 Å². The monoisotopic (exact) mass is 226 g/mol. The summed E-state index contributed by atoms with van der Waals surface area (Å²) in [6, 6.07) is 0. The first-order valence-corrected chi connectivity index (χ1v) is 5.45. The van der Waals surface area contributed by atoms with Crippen LogP contribution in [0.2, 0.25) is 0 Å². The number of aromatic nitrogens is 2. The summed E-state index contributed by atoms with van der Waals surface area (Å²) < 4.78 is 2.61. The van der Waals surface area contributed by atoms with Gasteiger partial charge in [-0.3, -0.25) is 13.9 Å². The van der Waals surface area contributed by atoms with Gasteiger partial charge < -0.3 is 11.1 Å². The molecule has 0 spiro atoms. The molecule has 6 nitrogen and oxygen atoms in total. The minimum atomic E-state index is -0.423. The van der Waals surface area contributed by atoms with Gasteiger partial charge in [-0.05, 0) is 20.8 Å². The van der Waals surface area contributed by atoms with Crippen molar-refractivity contribution >= 4 is 11.5 Å². The molecule has 0 atom stereocenters. The summed E-state index contributed by atoms with van der Waals surface area (Å²) in [7, 11) is 0. The van der Waals surface area contributed by atoms with Crippen molar-refractivity contribution in [1.82, 2.24) is 9.13 Å². The molecule has 0 aliphatic carbocycles. The summed E-state index contributed by atoms with van der Waals surface area (Å²) in [4.78, 5) is 23.7. The molecule has 1 heterocycles. The lowest BCUT2D eigenvalue weighted by Gasteiger charge is -2.16. The van der Waals surface area contributed by atoms with Crippen LogP contribution in [0.15, 0.2) is 9.59 Å². The lowest BCUT2D eigenvalue weighted by molar-refractivity contribution is 0.595. The molecule has 90 valence electrons. The molecule has 6 heteroatoms. The van der Waals surface area contributed by atoms with Crippen LogP contribution in [0, 0.1) is 0 Å². The average molecular weight is 226 g/mol. The van der Waals surface area contributed by atoms with Crippen molar-refractivity contribution in [2.45, 2.75) is 33.9 Å². The quantitative estimate of drug-likeness (QED) is 0.760. The smallest absolute Gasteiger partial charge is 0.332 e. The fourth-order valence-corrected chi connectivity index (χ4v) is 1.65. The fourth-order valence-electron chi connectivity index (χ4n) is 1.65. The summed E-state index contributed by atoms with van der Waals surface area (Å²) in [6.45, 7) is 6.88.